The molecule has 2 aromatic rings. The normalized spacial score (nSPS) is 10.3. The van der Waals surface area contributed by atoms with Crippen LogP contribution < -0.4 is 0 Å². The van der Waals surface area contributed by atoms with Crippen LogP contribution >= 0.6 is 11.6 Å². The third-order valence-corrected chi connectivity index (χ3v) is 2.85. The molecule has 0 unspecified atom stereocenters. The second-order valence-electron chi connectivity index (χ2n) is 3.76. The molecule has 0 fully saturated rings. The summed E-state index contributed by atoms with van der Waals surface area (Å²) in [5.41, 5.74) is 2.26. The molecule has 2 rings (SSSR count). The fourth-order valence-electron chi connectivity index (χ4n) is 1.61. The molecule has 0 amide bonds. The van der Waals surface area contributed by atoms with Crippen molar-refractivity contribution in [1.82, 2.24) is 0 Å². The molecule has 86 valence electrons. The molecule has 17 heavy (non-hydrogen) atoms. The lowest BCUT2D eigenvalue weighted by Gasteiger charge is -2.05. The Morgan fingerprint density at radius 3 is 2.29 bits per heavy atom. The number of carbonyl (C=O) groups is 1. The maximum atomic E-state index is 12.9. The van der Waals surface area contributed by atoms with Crippen molar-refractivity contribution in [1.29, 1.82) is 0 Å². The monoisotopic (exact) mass is 248 g/mol. The van der Waals surface area contributed by atoms with Crippen LogP contribution in [-0.4, -0.2) is 5.78 Å². The van der Waals surface area contributed by atoms with Crippen LogP contribution in [0.25, 0.3) is 11.1 Å². The van der Waals surface area contributed by atoms with Crippen molar-refractivity contribution < 1.29 is 9.18 Å². The van der Waals surface area contributed by atoms with Crippen molar-refractivity contribution in [2.75, 3.05) is 0 Å². The molecule has 0 N–H and O–H groups in total. The highest BCUT2D eigenvalue weighted by Gasteiger charge is 2.05. The van der Waals surface area contributed by atoms with E-state index in [1.54, 1.807) is 30.3 Å². The Morgan fingerprint density at radius 2 is 1.76 bits per heavy atom. The van der Waals surface area contributed by atoms with Crippen LogP contribution in [0.15, 0.2) is 42.5 Å². The molecule has 0 bridgehead atoms. The van der Waals surface area contributed by atoms with Crippen LogP contribution in [0, 0.1) is 5.82 Å². The third kappa shape index (κ3) is 2.53. The molecular formula is C14H10ClFO. The second-order valence-corrected chi connectivity index (χ2v) is 4.16. The minimum atomic E-state index is -0.362. The average molecular weight is 249 g/mol. The highest BCUT2D eigenvalue weighted by molar-refractivity contribution is 6.33. The van der Waals surface area contributed by atoms with Crippen molar-refractivity contribution >= 4 is 17.4 Å². The lowest BCUT2D eigenvalue weighted by Crippen LogP contribution is -1.91. The van der Waals surface area contributed by atoms with Crippen LogP contribution in [0.5, 0.6) is 0 Å². The van der Waals surface area contributed by atoms with Gasteiger partial charge in [-0.25, -0.2) is 4.39 Å². The number of ketones is 1. The van der Waals surface area contributed by atoms with Crippen molar-refractivity contribution in [2.45, 2.75) is 6.92 Å². The molecule has 1 nitrogen and oxygen atoms in total. The number of Topliss-reactive ketones (excluding diaryl/α,β-unsaturated/α-hetero) is 1. The van der Waals surface area contributed by atoms with Crippen molar-refractivity contribution in [3.05, 3.63) is 58.9 Å². The summed E-state index contributed by atoms with van der Waals surface area (Å²) < 4.78 is 12.9. The molecule has 0 aromatic heterocycles. The first-order chi connectivity index (χ1) is 8.08. The standard InChI is InChI=1S/C14H10ClFO/c1-9(17)10-2-4-11(5-3-10)13-7-6-12(16)8-14(13)15/h2-8H,1H3. The van der Waals surface area contributed by atoms with Crippen LogP contribution in [0.4, 0.5) is 4.39 Å². The summed E-state index contributed by atoms with van der Waals surface area (Å²) in [4.78, 5) is 11.1. The van der Waals surface area contributed by atoms with Gasteiger partial charge in [-0.15, -0.1) is 0 Å². The average Bonchev–Trinajstić information content (AvgIpc) is 2.29. The number of hydrogen-bond donors (Lipinski definition) is 0. The Bertz CT molecular complexity index is 561. The maximum absolute atomic E-state index is 12.9. The molecule has 0 aliphatic carbocycles. The van der Waals surface area contributed by atoms with Gasteiger partial charge in [0.2, 0.25) is 0 Å². The molecule has 0 atom stereocenters. The van der Waals surface area contributed by atoms with Crippen LogP contribution in [-0.2, 0) is 0 Å². The Morgan fingerprint density at radius 1 is 1.12 bits per heavy atom. The van der Waals surface area contributed by atoms with E-state index >= 15 is 0 Å². The predicted molar refractivity (Wildman–Crippen MR) is 66.9 cm³/mol. The molecule has 0 spiro atoms. The lowest BCUT2D eigenvalue weighted by molar-refractivity contribution is 0.101. The highest BCUT2D eigenvalue weighted by atomic mass is 35.5. The smallest absolute Gasteiger partial charge is 0.159 e. The van der Waals surface area contributed by atoms with Gasteiger partial charge in [0.15, 0.2) is 5.78 Å². The summed E-state index contributed by atoms with van der Waals surface area (Å²) in [6.07, 6.45) is 0. The largest absolute Gasteiger partial charge is 0.295 e. The number of rotatable bonds is 2. The van der Waals surface area contributed by atoms with E-state index < -0.39 is 0 Å². The quantitative estimate of drug-likeness (QED) is 0.722. The van der Waals surface area contributed by atoms with E-state index in [1.807, 2.05) is 0 Å². The van der Waals surface area contributed by atoms with E-state index in [4.69, 9.17) is 11.6 Å². The first kappa shape index (κ1) is 11.8. The Labute approximate surface area is 104 Å². The van der Waals surface area contributed by atoms with Gasteiger partial charge in [-0.1, -0.05) is 35.9 Å². The summed E-state index contributed by atoms with van der Waals surface area (Å²) >= 11 is 5.96. The van der Waals surface area contributed by atoms with Crippen molar-refractivity contribution in [3.8, 4) is 11.1 Å². The molecule has 0 radical (unpaired) electrons. The Balaban J connectivity index is 2.43. The second kappa shape index (κ2) is 4.68. The minimum Gasteiger partial charge on any atom is -0.295 e. The van der Waals surface area contributed by atoms with E-state index in [0.717, 1.165) is 11.1 Å². The minimum absolute atomic E-state index is 0.0155. The fourth-order valence-corrected chi connectivity index (χ4v) is 1.88. The Kier molecular flexibility index (Phi) is 3.25. The highest BCUT2D eigenvalue weighted by Crippen LogP contribution is 2.28. The maximum Gasteiger partial charge on any atom is 0.159 e. The molecule has 0 aliphatic heterocycles. The molecule has 2 aromatic carbocycles. The SMILES string of the molecule is CC(=O)c1ccc(-c2ccc(F)cc2Cl)cc1. The van der Waals surface area contributed by atoms with Gasteiger partial charge >= 0.3 is 0 Å². The zero-order chi connectivity index (χ0) is 12.4. The number of benzene rings is 2. The first-order valence-corrected chi connectivity index (χ1v) is 5.52. The summed E-state index contributed by atoms with van der Waals surface area (Å²) in [5, 5.41) is 0.362. The van der Waals surface area contributed by atoms with Gasteiger partial charge in [-0.2, -0.15) is 0 Å². The van der Waals surface area contributed by atoms with Crippen LogP contribution in [0.2, 0.25) is 5.02 Å². The fraction of sp³-hybridized carbons (Fsp3) is 0.0714. The number of hydrogen-bond acceptors (Lipinski definition) is 1. The van der Waals surface area contributed by atoms with Crippen molar-refractivity contribution in [2.24, 2.45) is 0 Å². The van der Waals surface area contributed by atoms with Gasteiger partial charge in [0, 0.05) is 11.1 Å². The molecule has 3 heteroatoms. The van der Waals surface area contributed by atoms with Crippen molar-refractivity contribution in [3.63, 3.8) is 0 Å². The van der Waals surface area contributed by atoms with E-state index in [-0.39, 0.29) is 11.6 Å². The first-order valence-electron chi connectivity index (χ1n) is 5.14. The molecule has 0 heterocycles. The van der Waals surface area contributed by atoms with Gasteiger partial charge in [-0.05, 0) is 30.7 Å². The van der Waals surface area contributed by atoms with E-state index in [9.17, 15) is 9.18 Å². The van der Waals surface area contributed by atoms with E-state index in [1.165, 1.54) is 19.1 Å². The number of halogens is 2. The van der Waals surface area contributed by atoms with E-state index in [2.05, 4.69) is 0 Å². The zero-order valence-corrected chi connectivity index (χ0v) is 9.96. The molecule has 0 aliphatic rings. The van der Waals surface area contributed by atoms with Gasteiger partial charge in [0.25, 0.3) is 0 Å². The summed E-state index contributed by atoms with van der Waals surface area (Å²) in [6.45, 7) is 1.51. The lowest BCUT2D eigenvalue weighted by atomic mass is 10.0. The van der Waals surface area contributed by atoms with E-state index in [0.29, 0.717) is 10.6 Å². The molecule has 0 saturated heterocycles. The van der Waals surface area contributed by atoms with Crippen LogP contribution in [0.1, 0.15) is 17.3 Å². The molecule has 0 saturated carbocycles. The predicted octanol–water partition coefficient (Wildman–Crippen LogP) is 4.35. The van der Waals surface area contributed by atoms with Gasteiger partial charge in [0.05, 0.1) is 5.02 Å². The van der Waals surface area contributed by atoms with Gasteiger partial charge < -0.3 is 0 Å². The summed E-state index contributed by atoms with van der Waals surface area (Å²) in [7, 11) is 0. The Hall–Kier alpha value is -1.67. The summed E-state index contributed by atoms with van der Waals surface area (Å²) in [6, 6.07) is 11.3. The zero-order valence-electron chi connectivity index (χ0n) is 9.21. The van der Waals surface area contributed by atoms with Gasteiger partial charge in [0.1, 0.15) is 5.82 Å². The number of carbonyl (C=O) groups excluding carboxylic acids is 1. The topological polar surface area (TPSA) is 17.1 Å². The van der Waals surface area contributed by atoms with Gasteiger partial charge in [-0.3, -0.25) is 4.79 Å². The molecular weight excluding hydrogens is 239 g/mol. The van der Waals surface area contributed by atoms with Crippen LogP contribution in [0.3, 0.4) is 0 Å². The third-order valence-electron chi connectivity index (χ3n) is 2.53. The summed E-state index contributed by atoms with van der Waals surface area (Å²) in [5.74, 6) is -0.346.